The van der Waals surface area contributed by atoms with E-state index in [1.54, 1.807) is 0 Å². The molecule has 0 saturated carbocycles. The van der Waals surface area contributed by atoms with Crippen molar-refractivity contribution in [3.63, 3.8) is 0 Å². The quantitative estimate of drug-likeness (QED) is 0.634. The van der Waals surface area contributed by atoms with Gasteiger partial charge >= 0.3 is 0 Å². The second-order valence-electron chi connectivity index (χ2n) is 4.44. The number of morpholine rings is 1. The minimum absolute atomic E-state index is 0.233. The molecule has 1 aliphatic rings. The first kappa shape index (κ1) is 13.9. The summed E-state index contributed by atoms with van der Waals surface area (Å²) in [4.78, 5) is 2.24. The highest BCUT2D eigenvalue weighted by atomic mass is 32.2. The number of rotatable bonds is 6. The molecule has 1 fully saturated rings. The lowest BCUT2D eigenvalue weighted by atomic mass is 10.3. The summed E-state index contributed by atoms with van der Waals surface area (Å²) in [6.07, 6.45) is 2.17. The Kier molecular flexibility index (Phi) is 5.68. The van der Waals surface area contributed by atoms with Gasteiger partial charge in [-0.15, -0.1) is 0 Å². The van der Waals surface area contributed by atoms with Gasteiger partial charge in [0.25, 0.3) is 0 Å². The van der Waals surface area contributed by atoms with Crippen LogP contribution in [-0.2, 0) is 14.6 Å². The van der Waals surface area contributed by atoms with Gasteiger partial charge in [0.2, 0.25) is 0 Å². The Hall–Kier alpha value is -0.170. The van der Waals surface area contributed by atoms with Crippen molar-refractivity contribution in [3.05, 3.63) is 0 Å². The topological polar surface area (TPSA) is 58.6 Å². The van der Waals surface area contributed by atoms with Crippen LogP contribution in [0, 0.1) is 0 Å². The Morgan fingerprint density at radius 3 is 2.88 bits per heavy atom. The standard InChI is InChI=1S/C10H22N2O3S/c1-12-5-6-15-10(9-12)8-11-4-3-7-16(2,13)14/h10-11H,3-9H2,1-2H3/t10-/m0/s1. The van der Waals surface area contributed by atoms with Gasteiger partial charge in [-0.2, -0.15) is 0 Å². The van der Waals surface area contributed by atoms with E-state index in [-0.39, 0.29) is 11.9 Å². The van der Waals surface area contributed by atoms with Crippen LogP contribution in [0.4, 0.5) is 0 Å². The predicted octanol–water partition coefficient (Wildman–Crippen LogP) is -0.659. The molecule has 1 saturated heterocycles. The van der Waals surface area contributed by atoms with Crippen LogP contribution < -0.4 is 5.32 Å². The Balaban J connectivity index is 2.02. The van der Waals surface area contributed by atoms with Crippen molar-refractivity contribution in [2.45, 2.75) is 12.5 Å². The van der Waals surface area contributed by atoms with E-state index in [1.165, 1.54) is 6.26 Å². The molecule has 96 valence electrons. The molecule has 0 radical (unpaired) electrons. The van der Waals surface area contributed by atoms with E-state index in [1.807, 2.05) is 0 Å². The summed E-state index contributed by atoms with van der Waals surface area (Å²) in [5, 5.41) is 3.23. The smallest absolute Gasteiger partial charge is 0.147 e. The van der Waals surface area contributed by atoms with E-state index >= 15 is 0 Å². The molecule has 1 rings (SSSR count). The molecule has 1 aliphatic heterocycles. The molecule has 0 aromatic rings. The van der Waals surface area contributed by atoms with Crippen LogP contribution in [0.25, 0.3) is 0 Å². The lowest BCUT2D eigenvalue weighted by Gasteiger charge is -2.30. The molecule has 0 aromatic carbocycles. The number of likely N-dealkylation sites (N-methyl/N-ethyl adjacent to an activating group) is 1. The number of hydrogen-bond donors (Lipinski definition) is 1. The van der Waals surface area contributed by atoms with Gasteiger partial charge in [0, 0.05) is 25.9 Å². The largest absolute Gasteiger partial charge is 0.374 e. The number of nitrogens with zero attached hydrogens (tertiary/aromatic N) is 1. The number of hydrogen-bond acceptors (Lipinski definition) is 5. The van der Waals surface area contributed by atoms with Gasteiger partial charge in [-0.05, 0) is 20.0 Å². The molecule has 0 amide bonds. The first-order valence-electron chi connectivity index (χ1n) is 5.66. The van der Waals surface area contributed by atoms with Crippen molar-refractivity contribution in [2.24, 2.45) is 0 Å². The van der Waals surface area contributed by atoms with Crippen molar-refractivity contribution in [2.75, 3.05) is 51.8 Å². The average Bonchev–Trinajstić information content (AvgIpc) is 2.15. The van der Waals surface area contributed by atoms with Crippen LogP contribution in [0.2, 0.25) is 0 Å². The summed E-state index contributed by atoms with van der Waals surface area (Å²) in [6, 6.07) is 0. The lowest BCUT2D eigenvalue weighted by Crippen LogP contribution is -2.45. The Morgan fingerprint density at radius 1 is 1.50 bits per heavy atom. The Labute approximate surface area is 98.1 Å². The summed E-state index contributed by atoms with van der Waals surface area (Å²) < 4.78 is 27.3. The van der Waals surface area contributed by atoms with E-state index in [0.29, 0.717) is 6.42 Å². The molecule has 16 heavy (non-hydrogen) atoms. The SMILES string of the molecule is CN1CCO[C@@H](CNCCCS(C)(=O)=O)C1. The van der Waals surface area contributed by atoms with E-state index in [9.17, 15) is 8.42 Å². The fraction of sp³-hybridized carbons (Fsp3) is 1.00. The zero-order valence-electron chi connectivity index (χ0n) is 10.1. The number of nitrogens with one attached hydrogen (secondary N) is 1. The maximum atomic E-state index is 10.9. The van der Waals surface area contributed by atoms with Crippen molar-refractivity contribution in [1.29, 1.82) is 0 Å². The molecule has 0 bridgehead atoms. The van der Waals surface area contributed by atoms with E-state index < -0.39 is 9.84 Å². The number of sulfone groups is 1. The molecular weight excluding hydrogens is 228 g/mol. The molecule has 1 atom stereocenters. The monoisotopic (exact) mass is 250 g/mol. The van der Waals surface area contributed by atoms with Crippen molar-refractivity contribution < 1.29 is 13.2 Å². The first-order chi connectivity index (χ1) is 7.47. The van der Waals surface area contributed by atoms with Crippen LogP contribution in [0.5, 0.6) is 0 Å². The Bertz CT molecular complexity index is 292. The van der Waals surface area contributed by atoms with Crippen LogP contribution in [0.1, 0.15) is 6.42 Å². The molecule has 0 aliphatic carbocycles. The number of ether oxygens (including phenoxy) is 1. The zero-order chi connectivity index (χ0) is 12.0. The van der Waals surface area contributed by atoms with Gasteiger partial charge < -0.3 is 15.0 Å². The molecule has 1 N–H and O–H groups in total. The van der Waals surface area contributed by atoms with Gasteiger partial charge in [-0.25, -0.2) is 8.42 Å². The van der Waals surface area contributed by atoms with Crippen molar-refractivity contribution in [3.8, 4) is 0 Å². The molecular formula is C10H22N2O3S. The maximum Gasteiger partial charge on any atom is 0.147 e. The van der Waals surface area contributed by atoms with Crippen LogP contribution >= 0.6 is 0 Å². The summed E-state index contributed by atoms with van der Waals surface area (Å²) >= 11 is 0. The minimum atomic E-state index is -2.82. The lowest BCUT2D eigenvalue weighted by molar-refractivity contribution is -0.0179. The van der Waals surface area contributed by atoms with Gasteiger partial charge in [-0.3, -0.25) is 0 Å². The van der Waals surface area contributed by atoms with Crippen LogP contribution in [0.3, 0.4) is 0 Å². The molecule has 6 heteroatoms. The third-order valence-corrected chi connectivity index (χ3v) is 3.61. The molecule has 0 unspecified atom stereocenters. The van der Waals surface area contributed by atoms with Crippen LogP contribution in [0.15, 0.2) is 0 Å². The van der Waals surface area contributed by atoms with E-state index in [0.717, 1.165) is 32.8 Å². The highest BCUT2D eigenvalue weighted by Crippen LogP contribution is 2.01. The summed E-state index contributed by atoms with van der Waals surface area (Å²) in [5.41, 5.74) is 0. The molecule has 5 nitrogen and oxygen atoms in total. The fourth-order valence-corrected chi connectivity index (χ4v) is 2.38. The zero-order valence-corrected chi connectivity index (χ0v) is 10.9. The molecule has 0 spiro atoms. The summed E-state index contributed by atoms with van der Waals surface area (Å²) in [6.45, 7) is 4.25. The van der Waals surface area contributed by atoms with Gasteiger partial charge in [0.05, 0.1) is 18.5 Å². The predicted molar refractivity (Wildman–Crippen MR) is 64.4 cm³/mol. The Morgan fingerprint density at radius 2 is 2.25 bits per heavy atom. The average molecular weight is 250 g/mol. The van der Waals surface area contributed by atoms with E-state index in [4.69, 9.17) is 4.74 Å². The highest BCUT2D eigenvalue weighted by molar-refractivity contribution is 7.90. The first-order valence-corrected chi connectivity index (χ1v) is 7.72. The molecule has 1 heterocycles. The third-order valence-electron chi connectivity index (χ3n) is 2.58. The summed E-state index contributed by atoms with van der Waals surface area (Å²) in [7, 11) is -0.735. The maximum absolute atomic E-state index is 10.9. The molecule has 0 aromatic heterocycles. The third kappa shape index (κ3) is 6.42. The van der Waals surface area contributed by atoms with Gasteiger partial charge in [0.1, 0.15) is 9.84 Å². The second kappa shape index (κ2) is 6.54. The summed E-state index contributed by atoms with van der Waals surface area (Å²) in [5.74, 6) is 0.255. The second-order valence-corrected chi connectivity index (χ2v) is 6.70. The van der Waals surface area contributed by atoms with E-state index in [2.05, 4.69) is 17.3 Å². The minimum Gasteiger partial charge on any atom is -0.374 e. The van der Waals surface area contributed by atoms with Crippen molar-refractivity contribution in [1.82, 2.24) is 10.2 Å². The van der Waals surface area contributed by atoms with Crippen LogP contribution in [-0.4, -0.2) is 71.3 Å². The highest BCUT2D eigenvalue weighted by Gasteiger charge is 2.16. The van der Waals surface area contributed by atoms with Crippen molar-refractivity contribution >= 4 is 9.84 Å². The normalized spacial score (nSPS) is 23.5. The fourth-order valence-electron chi connectivity index (χ4n) is 1.71. The van der Waals surface area contributed by atoms with Gasteiger partial charge in [0.15, 0.2) is 0 Å². The van der Waals surface area contributed by atoms with Gasteiger partial charge in [-0.1, -0.05) is 0 Å².